The molecule has 0 aliphatic heterocycles. The highest BCUT2D eigenvalue weighted by Crippen LogP contribution is 2.12. The van der Waals surface area contributed by atoms with Crippen LogP contribution in [0.3, 0.4) is 0 Å². The van der Waals surface area contributed by atoms with Crippen LogP contribution in [0.1, 0.15) is 207 Å². The third kappa shape index (κ3) is 36.9. The molecule has 50 heavy (non-hydrogen) atoms. The maximum Gasteiger partial charge on any atom is 0.306 e. The Kier molecular flexibility index (Phi) is 37.5. The zero-order chi connectivity index (χ0) is 36.6. The van der Waals surface area contributed by atoms with Gasteiger partial charge in [-0.15, -0.1) is 0 Å². The van der Waals surface area contributed by atoms with Crippen LogP contribution in [-0.2, 0) is 28.6 Å². The van der Waals surface area contributed by atoms with Crippen molar-refractivity contribution in [3.8, 4) is 0 Å². The van der Waals surface area contributed by atoms with Crippen molar-refractivity contribution in [1.82, 2.24) is 0 Å². The lowest BCUT2D eigenvalue weighted by Crippen LogP contribution is -2.30. The third-order valence-corrected chi connectivity index (χ3v) is 8.87. The van der Waals surface area contributed by atoms with Crippen LogP contribution in [0.15, 0.2) is 36.5 Å². The smallest absolute Gasteiger partial charge is 0.306 e. The molecule has 0 bridgehead atoms. The van der Waals surface area contributed by atoms with Crippen LogP contribution in [0, 0.1) is 0 Å². The molecule has 0 rings (SSSR count). The molecule has 0 heterocycles. The van der Waals surface area contributed by atoms with Crippen LogP contribution in [0.5, 0.6) is 0 Å². The van der Waals surface area contributed by atoms with E-state index < -0.39 is 6.10 Å². The Labute approximate surface area is 308 Å². The van der Waals surface area contributed by atoms with Gasteiger partial charge in [0.2, 0.25) is 0 Å². The summed E-state index contributed by atoms with van der Waals surface area (Å²) < 4.78 is 16.5. The standard InChI is InChI=1S/C44H78O6/c1-4-7-10-13-15-17-19-20-21-22-23-25-26-28-31-34-37-43(46)49-40-41(39-48-42(45)36-33-30-12-9-6-3)50-44(47)38-35-32-29-27-24-18-16-14-11-8-5-2/h14,16-17,19,21-22,41H,4-13,15,18,20,23-40H2,1-3H3/b16-14-,19-17-,22-21-. The van der Waals surface area contributed by atoms with E-state index in [-0.39, 0.29) is 31.1 Å². The maximum atomic E-state index is 12.6. The second kappa shape index (κ2) is 39.4. The first-order valence-corrected chi connectivity index (χ1v) is 21.0. The normalized spacial score (nSPS) is 12.3. The number of carbonyl (C=O) groups excluding carboxylic acids is 3. The highest BCUT2D eigenvalue weighted by atomic mass is 16.6. The third-order valence-electron chi connectivity index (χ3n) is 8.87. The topological polar surface area (TPSA) is 78.9 Å². The summed E-state index contributed by atoms with van der Waals surface area (Å²) in [6.45, 7) is 6.46. The van der Waals surface area contributed by atoms with Gasteiger partial charge in [0, 0.05) is 19.3 Å². The zero-order valence-electron chi connectivity index (χ0n) is 32.9. The first kappa shape index (κ1) is 47.6. The van der Waals surface area contributed by atoms with E-state index in [1.165, 1.54) is 70.6 Å². The second-order valence-corrected chi connectivity index (χ2v) is 13.9. The van der Waals surface area contributed by atoms with Crippen molar-refractivity contribution < 1.29 is 28.6 Å². The molecule has 0 aromatic heterocycles. The predicted octanol–water partition coefficient (Wildman–Crippen LogP) is 13.0. The average Bonchev–Trinajstić information content (AvgIpc) is 3.11. The van der Waals surface area contributed by atoms with Gasteiger partial charge in [-0.25, -0.2) is 0 Å². The summed E-state index contributed by atoms with van der Waals surface area (Å²) in [5, 5.41) is 0. The molecule has 0 fully saturated rings. The molecule has 0 aliphatic rings. The molecule has 0 aromatic rings. The molecule has 1 unspecified atom stereocenters. The lowest BCUT2D eigenvalue weighted by atomic mass is 10.1. The van der Waals surface area contributed by atoms with Crippen molar-refractivity contribution >= 4 is 17.9 Å². The SMILES string of the molecule is CCCC/C=C\CCCCCCCC(=O)OC(COC(=O)CCCCCCC)COC(=O)CCCCCCC/C=C\C/C=C\CCCCCC. The fraction of sp³-hybridized carbons (Fsp3) is 0.795. The molecule has 0 aliphatic carbocycles. The molecule has 6 heteroatoms. The van der Waals surface area contributed by atoms with Crippen LogP contribution in [0.4, 0.5) is 0 Å². The van der Waals surface area contributed by atoms with E-state index in [1.807, 2.05) is 0 Å². The second-order valence-electron chi connectivity index (χ2n) is 13.9. The number of ether oxygens (including phenoxy) is 3. The molecule has 290 valence electrons. The van der Waals surface area contributed by atoms with Crippen molar-refractivity contribution in [2.75, 3.05) is 13.2 Å². The van der Waals surface area contributed by atoms with Gasteiger partial charge in [-0.05, 0) is 70.6 Å². The molecule has 0 amide bonds. The number of allylic oxidation sites excluding steroid dienone is 6. The Morgan fingerprint density at radius 1 is 0.400 bits per heavy atom. The molecule has 1 atom stereocenters. The van der Waals surface area contributed by atoms with Crippen LogP contribution >= 0.6 is 0 Å². The lowest BCUT2D eigenvalue weighted by molar-refractivity contribution is -0.167. The average molecular weight is 703 g/mol. The molecule has 0 N–H and O–H groups in total. The molecule has 0 saturated heterocycles. The molecule has 6 nitrogen and oxygen atoms in total. The van der Waals surface area contributed by atoms with Crippen LogP contribution in [0.2, 0.25) is 0 Å². The van der Waals surface area contributed by atoms with Gasteiger partial charge < -0.3 is 14.2 Å². The Balaban J connectivity index is 4.27. The monoisotopic (exact) mass is 703 g/mol. The largest absolute Gasteiger partial charge is 0.462 e. The maximum absolute atomic E-state index is 12.6. The van der Waals surface area contributed by atoms with Gasteiger partial charge in [-0.1, -0.05) is 154 Å². The number of hydrogen-bond donors (Lipinski definition) is 0. The van der Waals surface area contributed by atoms with Crippen molar-refractivity contribution in [1.29, 1.82) is 0 Å². The quantitative estimate of drug-likeness (QED) is 0.0277. The van der Waals surface area contributed by atoms with Crippen molar-refractivity contribution in [2.24, 2.45) is 0 Å². The first-order chi connectivity index (χ1) is 24.5. The molecule has 0 radical (unpaired) electrons. The molecule has 0 spiro atoms. The van der Waals surface area contributed by atoms with E-state index in [1.54, 1.807) is 0 Å². The molecule has 0 saturated carbocycles. The highest BCUT2D eigenvalue weighted by Gasteiger charge is 2.19. The van der Waals surface area contributed by atoms with Gasteiger partial charge >= 0.3 is 17.9 Å². The predicted molar refractivity (Wildman–Crippen MR) is 210 cm³/mol. The van der Waals surface area contributed by atoms with Gasteiger partial charge in [0.1, 0.15) is 13.2 Å². The number of carbonyl (C=O) groups is 3. The zero-order valence-corrected chi connectivity index (χ0v) is 32.9. The number of hydrogen-bond acceptors (Lipinski definition) is 6. The van der Waals surface area contributed by atoms with Crippen LogP contribution < -0.4 is 0 Å². The van der Waals surface area contributed by atoms with Crippen LogP contribution in [0.25, 0.3) is 0 Å². The van der Waals surface area contributed by atoms with Gasteiger partial charge in [-0.3, -0.25) is 14.4 Å². The lowest BCUT2D eigenvalue weighted by Gasteiger charge is -2.18. The van der Waals surface area contributed by atoms with E-state index in [4.69, 9.17) is 14.2 Å². The summed E-state index contributed by atoms with van der Waals surface area (Å²) in [7, 11) is 0. The summed E-state index contributed by atoms with van der Waals surface area (Å²) in [6.07, 6.45) is 43.0. The molecular formula is C44H78O6. The first-order valence-electron chi connectivity index (χ1n) is 21.0. The summed E-state index contributed by atoms with van der Waals surface area (Å²) in [5.74, 6) is -0.922. The Morgan fingerprint density at radius 3 is 1.20 bits per heavy atom. The number of rotatable bonds is 37. The summed E-state index contributed by atoms with van der Waals surface area (Å²) >= 11 is 0. The van der Waals surface area contributed by atoms with Crippen molar-refractivity contribution in [3.63, 3.8) is 0 Å². The van der Waals surface area contributed by atoms with Gasteiger partial charge in [-0.2, -0.15) is 0 Å². The number of esters is 3. The Hall–Kier alpha value is -2.37. The van der Waals surface area contributed by atoms with Crippen LogP contribution in [-0.4, -0.2) is 37.2 Å². The van der Waals surface area contributed by atoms with Crippen molar-refractivity contribution in [3.05, 3.63) is 36.5 Å². The van der Waals surface area contributed by atoms with Crippen molar-refractivity contribution in [2.45, 2.75) is 213 Å². The van der Waals surface area contributed by atoms with Gasteiger partial charge in [0.15, 0.2) is 6.10 Å². The summed E-state index contributed by atoms with van der Waals surface area (Å²) in [5.41, 5.74) is 0. The van der Waals surface area contributed by atoms with Gasteiger partial charge in [0.05, 0.1) is 0 Å². The van der Waals surface area contributed by atoms with E-state index in [0.717, 1.165) is 96.3 Å². The summed E-state index contributed by atoms with van der Waals surface area (Å²) in [6, 6.07) is 0. The molecular weight excluding hydrogens is 624 g/mol. The Bertz CT molecular complexity index is 861. The van der Waals surface area contributed by atoms with Gasteiger partial charge in [0.25, 0.3) is 0 Å². The Morgan fingerprint density at radius 2 is 0.740 bits per heavy atom. The fourth-order valence-electron chi connectivity index (χ4n) is 5.63. The summed E-state index contributed by atoms with van der Waals surface area (Å²) in [4.78, 5) is 37.3. The minimum atomic E-state index is -0.774. The minimum Gasteiger partial charge on any atom is -0.462 e. The van der Waals surface area contributed by atoms with E-state index in [2.05, 4.69) is 57.2 Å². The minimum absolute atomic E-state index is 0.0810. The number of unbranched alkanes of at least 4 members (excludes halogenated alkanes) is 20. The fourth-order valence-corrected chi connectivity index (χ4v) is 5.63. The molecule has 0 aromatic carbocycles. The van der Waals surface area contributed by atoms with E-state index in [0.29, 0.717) is 19.3 Å². The van der Waals surface area contributed by atoms with E-state index >= 15 is 0 Å². The highest BCUT2D eigenvalue weighted by molar-refractivity contribution is 5.71. The van der Waals surface area contributed by atoms with E-state index in [9.17, 15) is 14.4 Å².